The normalized spacial score (nSPS) is 22.3. The fourth-order valence-electron chi connectivity index (χ4n) is 3.88. The molecule has 1 saturated carbocycles. The number of rotatable bonds is 7. The van der Waals surface area contributed by atoms with E-state index in [0.717, 1.165) is 5.56 Å². The summed E-state index contributed by atoms with van der Waals surface area (Å²) in [6.07, 6.45) is 0.549. The Hall–Kier alpha value is -3.17. The molecule has 2 aliphatic rings. The van der Waals surface area contributed by atoms with Gasteiger partial charge in [0, 0.05) is 24.8 Å². The Kier molecular flexibility index (Phi) is 5.79. The summed E-state index contributed by atoms with van der Waals surface area (Å²) in [7, 11) is -3.70. The molecule has 0 aromatic heterocycles. The lowest BCUT2D eigenvalue weighted by molar-refractivity contribution is -0.116. The highest BCUT2D eigenvalue weighted by molar-refractivity contribution is 7.89. The molecule has 31 heavy (non-hydrogen) atoms. The molecule has 2 N–H and O–H groups in total. The standard InChI is InChI=1S/C22H23N3O5S/c1-2-20(26)24-21-18-12-25(13-19(18)21)31(28,29)17-10-6-9-16(11-17)23-22(27)30-14-15-7-4-3-5-8-15/h2-11,18-19,21H,1,12-14H2,(H,23,27)(H,24,26). The van der Waals surface area contributed by atoms with Gasteiger partial charge in [-0.25, -0.2) is 13.2 Å². The van der Waals surface area contributed by atoms with Crippen molar-refractivity contribution in [3.63, 3.8) is 0 Å². The minimum Gasteiger partial charge on any atom is -0.444 e. The Bertz CT molecular complexity index is 1090. The topological polar surface area (TPSA) is 105 Å². The molecule has 9 heteroatoms. The van der Waals surface area contributed by atoms with Crippen molar-refractivity contribution in [3.05, 3.63) is 72.8 Å². The van der Waals surface area contributed by atoms with Crippen LogP contribution in [-0.4, -0.2) is 43.9 Å². The molecule has 0 bridgehead atoms. The molecule has 162 valence electrons. The molecule has 0 radical (unpaired) electrons. The van der Waals surface area contributed by atoms with Crippen molar-refractivity contribution in [3.8, 4) is 0 Å². The number of hydrogen-bond acceptors (Lipinski definition) is 5. The van der Waals surface area contributed by atoms with Crippen molar-refractivity contribution in [1.82, 2.24) is 9.62 Å². The van der Waals surface area contributed by atoms with Gasteiger partial charge in [-0.3, -0.25) is 10.1 Å². The molecule has 1 aliphatic heterocycles. The third-order valence-corrected chi connectivity index (χ3v) is 7.41. The van der Waals surface area contributed by atoms with E-state index >= 15 is 0 Å². The fraction of sp³-hybridized carbons (Fsp3) is 0.273. The van der Waals surface area contributed by atoms with Crippen LogP contribution >= 0.6 is 0 Å². The highest BCUT2D eigenvalue weighted by Crippen LogP contribution is 2.47. The lowest BCUT2D eigenvalue weighted by Gasteiger charge is -2.20. The SMILES string of the molecule is C=CC(=O)NC1C2CN(S(=O)(=O)c3cccc(NC(=O)OCc4ccccc4)c3)CC21. The van der Waals surface area contributed by atoms with Gasteiger partial charge in [0.05, 0.1) is 4.90 Å². The molecular weight excluding hydrogens is 418 g/mol. The van der Waals surface area contributed by atoms with Crippen molar-refractivity contribution in [2.45, 2.75) is 17.5 Å². The first-order valence-electron chi connectivity index (χ1n) is 9.89. The Labute approximate surface area is 180 Å². The Morgan fingerprint density at radius 2 is 1.81 bits per heavy atom. The van der Waals surface area contributed by atoms with Gasteiger partial charge in [0.1, 0.15) is 6.61 Å². The maximum atomic E-state index is 13.0. The van der Waals surface area contributed by atoms with Crippen LogP contribution in [-0.2, 0) is 26.2 Å². The molecule has 8 nitrogen and oxygen atoms in total. The van der Waals surface area contributed by atoms with E-state index in [1.807, 2.05) is 30.3 Å². The van der Waals surface area contributed by atoms with Gasteiger partial charge in [-0.15, -0.1) is 0 Å². The second-order valence-corrected chi connectivity index (χ2v) is 9.54. The number of benzene rings is 2. The van der Waals surface area contributed by atoms with E-state index in [9.17, 15) is 18.0 Å². The maximum Gasteiger partial charge on any atom is 0.411 e. The lowest BCUT2D eigenvalue weighted by Crippen LogP contribution is -2.37. The number of anilines is 1. The van der Waals surface area contributed by atoms with Gasteiger partial charge in [-0.2, -0.15) is 4.31 Å². The summed E-state index contributed by atoms with van der Waals surface area (Å²) in [6.45, 7) is 4.25. The molecule has 2 atom stereocenters. The lowest BCUT2D eigenvalue weighted by atomic mass is 10.2. The average molecular weight is 442 g/mol. The Morgan fingerprint density at radius 3 is 2.48 bits per heavy atom. The van der Waals surface area contributed by atoms with Crippen LogP contribution in [0.25, 0.3) is 0 Å². The molecule has 2 aromatic carbocycles. The number of amides is 2. The van der Waals surface area contributed by atoms with Crippen molar-refractivity contribution < 1.29 is 22.7 Å². The fourth-order valence-corrected chi connectivity index (χ4v) is 5.44. The molecule has 4 rings (SSSR count). The minimum absolute atomic E-state index is 0.00401. The summed E-state index contributed by atoms with van der Waals surface area (Å²) in [5.41, 5.74) is 1.18. The highest BCUT2D eigenvalue weighted by Gasteiger charge is 2.58. The number of piperidine rings is 1. The predicted octanol–water partition coefficient (Wildman–Crippen LogP) is 2.36. The van der Waals surface area contributed by atoms with E-state index in [1.54, 1.807) is 12.1 Å². The first kappa shape index (κ1) is 21.1. The van der Waals surface area contributed by atoms with Crippen LogP contribution in [0.2, 0.25) is 0 Å². The molecule has 1 saturated heterocycles. The quantitative estimate of drug-likeness (QED) is 0.642. The van der Waals surface area contributed by atoms with Crippen LogP contribution in [0.1, 0.15) is 5.56 Å². The molecule has 0 spiro atoms. The Morgan fingerprint density at radius 1 is 1.10 bits per heavy atom. The van der Waals surface area contributed by atoms with Gasteiger partial charge < -0.3 is 10.1 Å². The molecular formula is C22H23N3O5S. The summed E-state index contributed by atoms with van der Waals surface area (Å²) in [5, 5.41) is 5.40. The first-order valence-corrected chi connectivity index (χ1v) is 11.3. The van der Waals surface area contributed by atoms with Crippen LogP contribution in [0.15, 0.2) is 72.1 Å². The smallest absolute Gasteiger partial charge is 0.411 e. The van der Waals surface area contributed by atoms with Crippen LogP contribution in [0.5, 0.6) is 0 Å². The van der Waals surface area contributed by atoms with Gasteiger partial charge >= 0.3 is 6.09 Å². The summed E-state index contributed by atoms with van der Waals surface area (Å²) < 4.78 is 32.6. The van der Waals surface area contributed by atoms with Crippen LogP contribution in [0.4, 0.5) is 10.5 Å². The van der Waals surface area contributed by atoms with Gasteiger partial charge in [0.15, 0.2) is 0 Å². The molecule has 1 heterocycles. The predicted molar refractivity (Wildman–Crippen MR) is 115 cm³/mol. The van der Waals surface area contributed by atoms with E-state index in [4.69, 9.17) is 4.74 Å². The summed E-state index contributed by atoms with van der Waals surface area (Å²) in [5.74, 6) is -0.00683. The zero-order valence-corrected chi connectivity index (χ0v) is 17.5. The number of nitrogens with zero attached hydrogens (tertiary/aromatic N) is 1. The van der Waals surface area contributed by atoms with Crippen LogP contribution < -0.4 is 10.6 Å². The summed E-state index contributed by atoms with van der Waals surface area (Å²) in [4.78, 5) is 23.6. The molecule has 1 aliphatic carbocycles. The number of carbonyl (C=O) groups is 2. The summed E-state index contributed by atoms with van der Waals surface area (Å²) >= 11 is 0. The number of hydrogen-bond donors (Lipinski definition) is 2. The van der Waals surface area contributed by atoms with E-state index < -0.39 is 16.1 Å². The number of fused-ring (bicyclic) bond motifs is 1. The van der Waals surface area contributed by atoms with Crippen molar-refractivity contribution in [1.29, 1.82) is 0 Å². The van der Waals surface area contributed by atoms with E-state index in [2.05, 4.69) is 17.2 Å². The number of carbonyl (C=O) groups excluding carboxylic acids is 2. The van der Waals surface area contributed by atoms with Crippen LogP contribution in [0, 0.1) is 11.8 Å². The first-order chi connectivity index (χ1) is 14.9. The van der Waals surface area contributed by atoms with Crippen molar-refractivity contribution in [2.75, 3.05) is 18.4 Å². The van der Waals surface area contributed by atoms with E-state index in [1.165, 1.54) is 22.5 Å². The van der Waals surface area contributed by atoms with Gasteiger partial charge in [0.2, 0.25) is 15.9 Å². The van der Waals surface area contributed by atoms with E-state index in [-0.39, 0.29) is 35.3 Å². The molecule has 2 unspecified atom stereocenters. The largest absolute Gasteiger partial charge is 0.444 e. The summed E-state index contributed by atoms with van der Waals surface area (Å²) in [6, 6.07) is 15.3. The van der Waals surface area contributed by atoms with E-state index in [0.29, 0.717) is 18.8 Å². The zero-order valence-electron chi connectivity index (χ0n) is 16.7. The molecule has 2 fully saturated rings. The third-order valence-electron chi connectivity index (χ3n) is 5.59. The highest BCUT2D eigenvalue weighted by atomic mass is 32.2. The van der Waals surface area contributed by atoms with Gasteiger partial charge in [-0.1, -0.05) is 43.0 Å². The van der Waals surface area contributed by atoms with Crippen molar-refractivity contribution >= 4 is 27.7 Å². The van der Waals surface area contributed by atoms with Crippen LogP contribution in [0.3, 0.4) is 0 Å². The number of ether oxygens (including phenoxy) is 1. The molecule has 2 aromatic rings. The second kappa shape index (κ2) is 8.52. The number of sulfonamides is 1. The third kappa shape index (κ3) is 4.62. The van der Waals surface area contributed by atoms with Gasteiger partial charge in [0.25, 0.3) is 0 Å². The van der Waals surface area contributed by atoms with Gasteiger partial charge in [-0.05, 0) is 41.7 Å². The molecule has 2 amide bonds. The maximum absolute atomic E-state index is 13.0. The Balaban J connectivity index is 1.35. The second-order valence-electron chi connectivity index (χ2n) is 7.60. The number of nitrogens with one attached hydrogen (secondary N) is 2. The van der Waals surface area contributed by atoms with Crippen molar-refractivity contribution in [2.24, 2.45) is 11.8 Å². The zero-order chi connectivity index (χ0) is 22.0. The average Bonchev–Trinajstić information content (AvgIpc) is 3.19. The minimum atomic E-state index is -3.70. The monoisotopic (exact) mass is 441 g/mol.